The van der Waals surface area contributed by atoms with Crippen molar-refractivity contribution in [2.45, 2.75) is 12.8 Å². The predicted octanol–water partition coefficient (Wildman–Crippen LogP) is 2.33. The average Bonchev–Trinajstić information content (AvgIpc) is 2.54. The first kappa shape index (κ1) is 15.6. The SMILES string of the molecule is CN1CCC[C@H](C(=O)N2CCN(c3cccc(Cl)c3)CC2)C1. The van der Waals surface area contributed by atoms with Gasteiger partial charge >= 0.3 is 0 Å². The van der Waals surface area contributed by atoms with E-state index >= 15 is 0 Å². The number of benzene rings is 1. The zero-order valence-electron chi connectivity index (χ0n) is 13.2. The third kappa shape index (κ3) is 3.55. The molecule has 22 heavy (non-hydrogen) atoms. The van der Waals surface area contributed by atoms with Crippen molar-refractivity contribution in [1.82, 2.24) is 9.80 Å². The van der Waals surface area contributed by atoms with Crippen LogP contribution in [0.1, 0.15) is 12.8 Å². The Morgan fingerprint density at radius 2 is 1.95 bits per heavy atom. The van der Waals surface area contributed by atoms with Crippen molar-refractivity contribution in [3.8, 4) is 0 Å². The van der Waals surface area contributed by atoms with E-state index < -0.39 is 0 Å². The third-order valence-corrected chi connectivity index (χ3v) is 4.97. The standard InChI is InChI=1S/C17H24ClN3O/c1-19-7-3-4-14(13-19)17(22)21-10-8-20(9-11-21)16-6-2-5-15(18)12-16/h2,5-6,12,14H,3-4,7-11,13H2,1H3/t14-/m0/s1. The number of halogens is 1. The van der Waals surface area contributed by atoms with Gasteiger partial charge in [0.15, 0.2) is 0 Å². The van der Waals surface area contributed by atoms with E-state index in [1.165, 1.54) is 0 Å². The number of carbonyl (C=O) groups is 1. The Morgan fingerprint density at radius 1 is 1.18 bits per heavy atom. The minimum absolute atomic E-state index is 0.191. The molecule has 2 heterocycles. The van der Waals surface area contributed by atoms with E-state index in [2.05, 4.69) is 22.9 Å². The second-order valence-electron chi connectivity index (χ2n) is 6.39. The van der Waals surface area contributed by atoms with Gasteiger partial charge < -0.3 is 14.7 Å². The number of hydrogen-bond donors (Lipinski definition) is 0. The highest BCUT2D eigenvalue weighted by molar-refractivity contribution is 6.30. The van der Waals surface area contributed by atoms with Gasteiger partial charge in [0.25, 0.3) is 0 Å². The van der Waals surface area contributed by atoms with Gasteiger partial charge in [-0.2, -0.15) is 0 Å². The van der Waals surface area contributed by atoms with Crippen LogP contribution in [0.15, 0.2) is 24.3 Å². The minimum atomic E-state index is 0.191. The smallest absolute Gasteiger partial charge is 0.227 e. The molecular weight excluding hydrogens is 298 g/mol. The number of nitrogens with zero attached hydrogens (tertiary/aromatic N) is 3. The van der Waals surface area contributed by atoms with Gasteiger partial charge in [-0.3, -0.25) is 4.79 Å². The van der Waals surface area contributed by atoms with Gasteiger partial charge in [0, 0.05) is 43.4 Å². The first-order valence-corrected chi connectivity index (χ1v) is 8.49. The van der Waals surface area contributed by atoms with Crippen LogP contribution in [-0.2, 0) is 4.79 Å². The molecule has 0 spiro atoms. The molecule has 120 valence electrons. The first-order chi connectivity index (χ1) is 10.6. The molecule has 0 aliphatic carbocycles. The van der Waals surface area contributed by atoms with E-state index in [0.717, 1.165) is 62.8 Å². The molecule has 1 aromatic rings. The number of rotatable bonds is 2. The van der Waals surface area contributed by atoms with Crippen LogP contribution in [0.3, 0.4) is 0 Å². The molecule has 1 amide bonds. The van der Waals surface area contributed by atoms with Crippen LogP contribution >= 0.6 is 11.6 Å². The van der Waals surface area contributed by atoms with Crippen molar-refractivity contribution in [3.05, 3.63) is 29.3 Å². The Hall–Kier alpha value is -1.26. The summed E-state index contributed by atoms with van der Waals surface area (Å²) in [5.74, 6) is 0.536. The van der Waals surface area contributed by atoms with Crippen molar-refractivity contribution >= 4 is 23.2 Å². The van der Waals surface area contributed by atoms with E-state index in [1.807, 2.05) is 23.1 Å². The van der Waals surface area contributed by atoms with Crippen molar-refractivity contribution in [2.24, 2.45) is 5.92 Å². The molecular formula is C17H24ClN3O. The van der Waals surface area contributed by atoms with Gasteiger partial charge in [-0.25, -0.2) is 0 Å². The monoisotopic (exact) mass is 321 g/mol. The molecule has 0 N–H and O–H groups in total. The maximum Gasteiger partial charge on any atom is 0.227 e. The quantitative estimate of drug-likeness (QED) is 0.836. The van der Waals surface area contributed by atoms with Crippen molar-refractivity contribution < 1.29 is 4.79 Å². The molecule has 2 fully saturated rings. The number of anilines is 1. The van der Waals surface area contributed by atoms with Crippen LogP contribution in [0.25, 0.3) is 0 Å². The highest BCUT2D eigenvalue weighted by Gasteiger charge is 2.30. The number of amides is 1. The number of piperidine rings is 1. The van der Waals surface area contributed by atoms with Gasteiger partial charge in [0.05, 0.1) is 5.92 Å². The Morgan fingerprint density at radius 3 is 2.64 bits per heavy atom. The lowest BCUT2D eigenvalue weighted by atomic mass is 9.96. The lowest BCUT2D eigenvalue weighted by Gasteiger charge is -2.39. The van der Waals surface area contributed by atoms with Crippen molar-refractivity contribution in [3.63, 3.8) is 0 Å². The summed E-state index contributed by atoms with van der Waals surface area (Å²) in [7, 11) is 2.11. The zero-order chi connectivity index (χ0) is 15.5. The van der Waals surface area contributed by atoms with E-state index in [9.17, 15) is 4.79 Å². The summed E-state index contributed by atoms with van der Waals surface area (Å²) in [6.07, 6.45) is 2.17. The molecule has 2 aliphatic heterocycles. The topological polar surface area (TPSA) is 26.8 Å². The lowest BCUT2D eigenvalue weighted by Crippen LogP contribution is -2.52. The van der Waals surface area contributed by atoms with Gasteiger partial charge in [-0.15, -0.1) is 0 Å². The summed E-state index contributed by atoms with van der Waals surface area (Å²) in [5.41, 5.74) is 1.15. The van der Waals surface area contributed by atoms with Crippen LogP contribution in [0.2, 0.25) is 5.02 Å². The third-order valence-electron chi connectivity index (χ3n) is 4.74. The zero-order valence-corrected chi connectivity index (χ0v) is 13.9. The highest BCUT2D eigenvalue weighted by Crippen LogP contribution is 2.22. The van der Waals surface area contributed by atoms with Gasteiger partial charge in [-0.05, 0) is 44.6 Å². The summed E-state index contributed by atoms with van der Waals surface area (Å²) in [6.45, 7) is 5.42. The summed E-state index contributed by atoms with van der Waals surface area (Å²) < 4.78 is 0. The Kier molecular flexibility index (Phi) is 4.89. The second kappa shape index (κ2) is 6.88. The normalized spacial score (nSPS) is 23.6. The largest absolute Gasteiger partial charge is 0.368 e. The predicted molar refractivity (Wildman–Crippen MR) is 90.5 cm³/mol. The van der Waals surface area contributed by atoms with Crippen molar-refractivity contribution in [1.29, 1.82) is 0 Å². The van der Waals surface area contributed by atoms with Gasteiger partial charge in [-0.1, -0.05) is 17.7 Å². The van der Waals surface area contributed by atoms with Gasteiger partial charge in [0.1, 0.15) is 0 Å². The molecule has 0 bridgehead atoms. The van der Waals surface area contributed by atoms with E-state index in [-0.39, 0.29) is 5.92 Å². The van der Waals surface area contributed by atoms with Crippen LogP contribution in [0.4, 0.5) is 5.69 Å². The second-order valence-corrected chi connectivity index (χ2v) is 6.83. The number of piperazine rings is 1. The molecule has 0 unspecified atom stereocenters. The highest BCUT2D eigenvalue weighted by atomic mass is 35.5. The maximum absolute atomic E-state index is 12.7. The molecule has 4 nitrogen and oxygen atoms in total. The number of carbonyl (C=O) groups excluding carboxylic acids is 1. The fourth-order valence-corrected chi connectivity index (χ4v) is 3.67. The maximum atomic E-state index is 12.7. The van der Waals surface area contributed by atoms with Crippen LogP contribution in [0.5, 0.6) is 0 Å². The molecule has 1 aromatic carbocycles. The molecule has 1 atom stereocenters. The molecule has 0 saturated carbocycles. The summed E-state index contributed by atoms with van der Waals surface area (Å²) in [6, 6.07) is 7.95. The first-order valence-electron chi connectivity index (χ1n) is 8.11. The van der Waals surface area contributed by atoms with Gasteiger partial charge in [0.2, 0.25) is 5.91 Å². The summed E-state index contributed by atoms with van der Waals surface area (Å²) in [4.78, 5) is 19.3. The fourth-order valence-electron chi connectivity index (χ4n) is 3.48. The molecule has 0 aromatic heterocycles. The molecule has 5 heteroatoms. The molecule has 2 aliphatic rings. The lowest BCUT2D eigenvalue weighted by molar-refractivity contribution is -0.137. The van der Waals surface area contributed by atoms with Crippen molar-refractivity contribution in [2.75, 3.05) is 51.2 Å². The fraction of sp³-hybridized carbons (Fsp3) is 0.588. The Bertz CT molecular complexity index is 528. The van der Waals surface area contributed by atoms with Crippen LogP contribution < -0.4 is 4.90 Å². The number of likely N-dealkylation sites (tertiary alicyclic amines) is 1. The Labute approximate surface area is 137 Å². The Balaban J connectivity index is 1.56. The van der Waals surface area contributed by atoms with Crippen LogP contribution in [0, 0.1) is 5.92 Å². The minimum Gasteiger partial charge on any atom is -0.368 e. The molecule has 2 saturated heterocycles. The average molecular weight is 322 g/mol. The molecule has 0 radical (unpaired) electrons. The van der Waals surface area contributed by atoms with E-state index in [1.54, 1.807) is 0 Å². The number of hydrogen-bond acceptors (Lipinski definition) is 3. The van der Waals surface area contributed by atoms with E-state index in [4.69, 9.17) is 11.6 Å². The molecule has 3 rings (SSSR count). The summed E-state index contributed by atoms with van der Waals surface area (Å²) >= 11 is 6.06. The summed E-state index contributed by atoms with van der Waals surface area (Å²) in [5, 5.41) is 0.765. The van der Waals surface area contributed by atoms with Crippen LogP contribution in [-0.4, -0.2) is 62.0 Å². The van der Waals surface area contributed by atoms with E-state index in [0.29, 0.717) is 5.91 Å².